The molecule has 1 aromatic heterocycles. The summed E-state index contributed by atoms with van der Waals surface area (Å²) >= 11 is 0. The Labute approximate surface area is 91.4 Å². The molecule has 2 heterocycles. The van der Waals surface area contributed by atoms with Crippen LogP contribution in [0.3, 0.4) is 0 Å². The second-order valence-electron chi connectivity index (χ2n) is 4.81. The molecule has 1 aliphatic heterocycles. The van der Waals surface area contributed by atoms with Gasteiger partial charge in [-0.2, -0.15) is 0 Å². The minimum absolute atomic E-state index is 0.194. The lowest BCUT2D eigenvalue weighted by Gasteiger charge is -2.40. The minimum atomic E-state index is 0.194. The quantitative estimate of drug-likeness (QED) is 0.816. The van der Waals surface area contributed by atoms with Crippen LogP contribution in [0.25, 0.3) is 0 Å². The highest BCUT2D eigenvalue weighted by atomic mass is 16.3. The van der Waals surface area contributed by atoms with Crippen molar-refractivity contribution in [3.8, 4) is 0 Å². The van der Waals surface area contributed by atoms with Crippen LogP contribution in [-0.4, -0.2) is 36.6 Å². The van der Waals surface area contributed by atoms with Crippen LogP contribution in [-0.2, 0) is 6.42 Å². The molecule has 0 spiro atoms. The third-order valence-electron chi connectivity index (χ3n) is 3.16. The van der Waals surface area contributed by atoms with Gasteiger partial charge < -0.3 is 9.73 Å². The summed E-state index contributed by atoms with van der Waals surface area (Å²) in [5, 5.41) is 3.38. The minimum Gasteiger partial charge on any atom is -0.469 e. The van der Waals surface area contributed by atoms with Gasteiger partial charge in [0.05, 0.1) is 6.26 Å². The molecule has 0 saturated carbocycles. The molecule has 0 aliphatic carbocycles. The second-order valence-corrected chi connectivity index (χ2v) is 4.81. The zero-order valence-electron chi connectivity index (χ0n) is 9.62. The van der Waals surface area contributed by atoms with Crippen molar-refractivity contribution >= 4 is 0 Å². The van der Waals surface area contributed by atoms with Gasteiger partial charge in [-0.25, -0.2) is 0 Å². The number of nitrogens with zero attached hydrogens (tertiary/aromatic N) is 1. The van der Waals surface area contributed by atoms with Crippen molar-refractivity contribution in [3.63, 3.8) is 0 Å². The van der Waals surface area contributed by atoms with Gasteiger partial charge in [-0.1, -0.05) is 0 Å². The van der Waals surface area contributed by atoms with Crippen LogP contribution in [0.4, 0.5) is 0 Å². The van der Waals surface area contributed by atoms with E-state index in [0.29, 0.717) is 0 Å². The topological polar surface area (TPSA) is 28.4 Å². The first kappa shape index (κ1) is 10.7. The Morgan fingerprint density at radius 2 is 2.13 bits per heavy atom. The Balaban J connectivity index is 1.98. The van der Waals surface area contributed by atoms with Crippen LogP contribution < -0.4 is 5.32 Å². The van der Waals surface area contributed by atoms with Gasteiger partial charge in [-0.15, -0.1) is 0 Å². The van der Waals surface area contributed by atoms with Gasteiger partial charge in [0.2, 0.25) is 0 Å². The first-order valence-corrected chi connectivity index (χ1v) is 5.67. The fourth-order valence-electron chi connectivity index (χ4n) is 2.22. The standard InChI is InChI=1S/C12H20N2O/c1-12(2,10-11-4-3-9-15-11)14-7-5-13-6-8-14/h3-4,9,13H,5-8,10H2,1-2H3. The number of piperazine rings is 1. The van der Waals surface area contributed by atoms with Gasteiger partial charge in [0.15, 0.2) is 0 Å². The highest BCUT2D eigenvalue weighted by Crippen LogP contribution is 2.20. The molecule has 0 radical (unpaired) electrons. The third kappa shape index (κ3) is 2.61. The number of nitrogens with one attached hydrogen (secondary N) is 1. The molecule has 0 atom stereocenters. The first-order valence-electron chi connectivity index (χ1n) is 5.67. The summed E-state index contributed by atoms with van der Waals surface area (Å²) in [6.45, 7) is 9.05. The number of hydrogen-bond donors (Lipinski definition) is 1. The monoisotopic (exact) mass is 208 g/mol. The number of rotatable bonds is 3. The van der Waals surface area contributed by atoms with Crippen LogP contribution in [0.2, 0.25) is 0 Å². The molecule has 1 saturated heterocycles. The van der Waals surface area contributed by atoms with Crippen LogP contribution in [0, 0.1) is 0 Å². The number of furan rings is 1. The van der Waals surface area contributed by atoms with E-state index < -0.39 is 0 Å². The van der Waals surface area contributed by atoms with Crippen molar-refractivity contribution in [2.75, 3.05) is 26.2 Å². The molecule has 3 nitrogen and oxygen atoms in total. The zero-order chi connectivity index (χ0) is 10.7. The highest BCUT2D eigenvalue weighted by Gasteiger charge is 2.28. The third-order valence-corrected chi connectivity index (χ3v) is 3.16. The van der Waals surface area contributed by atoms with Crippen LogP contribution in [0.15, 0.2) is 22.8 Å². The van der Waals surface area contributed by atoms with Crippen molar-refractivity contribution in [3.05, 3.63) is 24.2 Å². The van der Waals surface area contributed by atoms with Crippen LogP contribution >= 0.6 is 0 Å². The van der Waals surface area contributed by atoms with Crippen molar-refractivity contribution in [2.45, 2.75) is 25.8 Å². The van der Waals surface area contributed by atoms with Gasteiger partial charge >= 0.3 is 0 Å². The maximum absolute atomic E-state index is 5.42. The molecule has 0 aromatic carbocycles. The van der Waals surface area contributed by atoms with E-state index in [0.717, 1.165) is 38.4 Å². The summed E-state index contributed by atoms with van der Waals surface area (Å²) in [7, 11) is 0. The summed E-state index contributed by atoms with van der Waals surface area (Å²) in [6.07, 6.45) is 2.74. The molecule has 0 bridgehead atoms. The Morgan fingerprint density at radius 1 is 1.40 bits per heavy atom. The van der Waals surface area contributed by atoms with E-state index in [1.54, 1.807) is 6.26 Å². The van der Waals surface area contributed by atoms with E-state index in [-0.39, 0.29) is 5.54 Å². The van der Waals surface area contributed by atoms with Gasteiger partial charge in [0.25, 0.3) is 0 Å². The summed E-state index contributed by atoms with van der Waals surface area (Å²) in [6, 6.07) is 4.02. The summed E-state index contributed by atoms with van der Waals surface area (Å²) in [5.74, 6) is 1.08. The van der Waals surface area contributed by atoms with Gasteiger partial charge in [-0.05, 0) is 26.0 Å². The van der Waals surface area contributed by atoms with Crippen molar-refractivity contribution in [1.29, 1.82) is 0 Å². The second kappa shape index (κ2) is 4.37. The zero-order valence-corrected chi connectivity index (χ0v) is 9.62. The average Bonchev–Trinajstić information content (AvgIpc) is 2.71. The van der Waals surface area contributed by atoms with Crippen molar-refractivity contribution in [2.24, 2.45) is 0 Å². The fourth-order valence-corrected chi connectivity index (χ4v) is 2.22. The lowest BCUT2D eigenvalue weighted by atomic mass is 9.96. The van der Waals surface area contributed by atoms with E-state index in [1.807, 2.05) is 6.07 Å². The summed E-state index contributed by atoms with van der Waals surface area (Å²) < 4.78 is 5.42. The Hall–Kier alpha value is -0.800. The molecule has 1 fully saturated rings. The predicted molar refractivity (Wildman–Crippen MR) is 60.9 cm³/mol. The normalized spacial score (nSPS) is 19.3. The Bertz CT molecular complexity index is 287. The average molecular weight is 208 g/mol. The lowest BCUT2D eigenvalue weighted by molar-refractivity contribution is 0.0987. The molecule has 84 valence electrons. The molecule has 1 aromatic rings. The molecule has 15 heavy (non-hydrogen) atoms. The molecule has 0 unspecified atom stereocenters. The van der Waals surface area contributed by atoms with Crippen molar-refractivity contribution in [1.82, 2.24) is 10.2 Å². The molecule has 2 rings (SSSR count). The molecular formula is C12H20N2O. The summed E-state index contributed by atoms with van der Waals surface area (Å²) in [4.78, 5) is 2.53. The molecule has 0 amide bonds. The van der Waals surface area contributed by atoms with E-state index in [1.165, 1.54) is 0 Å². The number of hydrogen-bond acceptors (Lipinski definition) is 3. The van der Waals surface area contributed by atoms with Crippen LogP contribution in [0.1, 0.15) is 19.6 Å². The predicted octanol–water partition coefficient (Wildman–Crippen LogP) is 1.51. The first-order chi connectivity index (χ1) is 7.18. The van der Waals surface area contributed by atoms with Gasteiger partial charge in [0, 0.05) is 38.1 Å². The highest BCUT2D eigenvalue weighted by molar-refractivity contribution is 5.04. The van der Waals surface area contributed by atoms with E-state index in [4.69, 9.17) is 4.42 Å². The fraction of sp³-hybridized carbons (Fsp3) is 0.667. The maximum Gasteiger partial charge on any atom is 0.105 e. The Kier molecular flexibility index (Phi) is 3.12. The van der Waals surface area contributed by atoms with E-state index in [9.17, 15) is 0 Å². The maximum atomic E-state index is 5.42. The molecule has 3 heteroatoms. The van der Waals surface area contributed by atoms with Gasteiger partial charge in [0.1, 0.15) is 5.76 Å². The van der Waals surface area contributed by atoms with E-state index in [2.05, 4.69) is 30.1 Å². The van der Waals surface area contributed by atoms with Gasteiger partial charge in [-0.3, -0.25) is 4.90 Å². The summed E-state index contributed by atoms with van der Waals surface area (Å²) in [5.41, 5.74) is 0.194. The molecular weight excluding hydrogens is 188 g/mol. The Morgan fingerprint density at radius 3 is 2.73 bits per heavy atom. The smallest absolute Gasteiger partial charge is 0.105 e. The van der Waals surface area contributed by atoms with Crippen LogP contribution in [0.5, 0.6) is 0 Å². The molecule has 1 aliphatic rings. The largest absolute Gasteiger partial charge is 0.469 e. The van der Waals surface area contributed by atoms with E-state index >= 15 is 0 Å². The molecule has 1 N–H and O–H groups in total. The van der Waals surface area contributed by atoms with Crippen molar-refractivity contribution < 1.29 is 4.42 Å². The lowest BCUT2D eigenvalue weighted by Crippen LogP contribution is -2.54. The SMILES string of the molecule is CC(C)(Cc1ccco1)N1CCNCC1.